The van der Waals surface area contributed by atoms with Crippen LogP contribution in [0.5, 0.6) is 0 Å². The Kier molecular flexibility index (Phi) is 8.45. The molecule has 0 unspecified atom stereocenters. The van der Waals surface area contributed by atoms with Gasteiger partial charge in [-0.05, 0) is 61.0 Å². The summed E-state index contributed by atoms with van der Waals surface area (Å²) in [6.45, 7) is 2.26. The summed E-state index contributed by atoms with van der Waals surface area (Å²) in [6, 6.07) is 19.1. The summed E-state index contributed by atoms with van der Waals surface area (Å²) in [5.41, 5.74) is 1.54. The topological polar surface area (TPSA) is 105 Å². The highest BCUT2D eigenvalue weighted by Crippen LogP contribution is 2.31. The van der Waals surface area contributed by atoms with Crippen molar-refractivity contribution < 1.29 is 23.9 Å². The second kappa shape index (κ2) is 11.9. The zero-order valence-corrected chi connectivity index (χ0v) is 21.8. The maximum atomic E-state index is 13.1. The van der Waals surface area contributed by atoms with Crippen molar-refractivity contribution in [2.45, 2.75) is 19.8 Å². The molecule has 0 atom stereocenters. The van der Waals surface area contributed by atoms with Crippen molar-refractivity contribution in [3.05, 3.63) is 99.7 Å². The summed E-state index contributed by atoms with van der Waals surface area (Å²) in [5, 5.41) is 5.70. The lowest BCUT2D eigenvalue weighted by Crippen LogP contribution is -2.32. The molecule has 2 N–H and O–H groups in total. The van der Waals surface area contributed by atoms with Crippen LogP contribution in [-0.4, -0.2) is 30.3 Å². The van der Waals surface area contributed by atoms with E-state index in [9.17, 15) is 19.2 Å². The second-order valence-corrected chi connectivity index (χ2v) is 9.10. The number of unbranched alkanes of at least 4 members (excludes halogenated alkanes) is 1. The van der Waals surface area contributed by atoms with Gasteiger partial charge in [-0.1, -0.05) is 54.7 Å². The van der Waals surface area contributed by atoms with E-state index in [0.717, 1.165) is 17.7 Å². The monoisotopic (exact) mass is 551 g/mol. The van der Waals surface area contributed by atoms with Crippen molar-refractivity contribution in [1.82, 2.24) is 0 Å². The van der Waals surface area contributed by atoms with E-state index in [2.05, 4.69) is 10.6 Å². The molecule has 0 saturated heterocycles. The molecule has 8 nitrogen and oxygen atoms in total. The van der Waals surface area contributed by atoms with Gasteiger partial charge in [-0.15, -0.1) is 0 Å². The first-order chi connectivity index (χ1) is 18.3. The number of benzene rings is 3. The maximum Gasteiger partial charge on any atom is 0.338 e. The third-order valence-electron chi connectivity index (χ3n) is 5.64. The summed E-state index contributed by atoms with van der Waals surface area (Å²) < 4.78 is 5.22. The van der Waals surface area contributed by atoms with Gasteiger partial charge in [0.05, 0.1) is 28.6 Å². The van der Waals surface area contributed by atoms with Gasteiger partial charge in [0.25, 0.3) is 17.7 Å². The van der Waals surface area contributed by atoms with Crippen LogP contribution in [0.3, 0.4) is 0 Å². The maximum absolute atomic E-state index is 13.1. The number of para-hydroxylation sites is 1. The quantitative estimate of drug-likeness (QED) is 0.192. The van der Waals surface area contributed by atoms with Crippen LogP contribution >= 0.6 is 23.2 Å². The summed E-state index contributed by atoms with van der Waals surface area (Å²) in [5.74, 6) is -2.33. The first kappa shape index (κ1) is 26.9. The van der Waals surface area contributed by atoms with Crippen LogP contribution in [0.4, 0.5) is 17.1 Å². The van der Waals surface area contributed by atoms with E-state index in [4.69, 9.17) is 27.9 Å². The number of imide groups is 1. The van der Waals surface area contributed by atoms with Gasteiger partial charge >= 0.3 is 5.97 Å². The van der Waals surface area contributed by atoms with Gasteiger partial charge in [0.15, 0.2) is 0 Å². The Morgan fingerprint density at radius 3 is 2.34 bits per heavy atom. The third kappa shape index (κ3) is 5.88. The van der Waals surface area contributed by atoms with Gasteiger partial charge in [0.2, 0.25) is 0 Å². The molecular weight excluding hydrogens is 529 g/mol. The summed E-state index contributed by atoms with van der Waals surface area (Å²) in [7, 11) is 0. The molecule has 4 rings (SSSR count). The van der Waals surface area contributed by atoms with E-state index >= 15 is 0 Å². The molecule has 1 aliphatic rings. The van der Waals surface area contributed by atoms with E-state index in [-0.39, 0.29) is 34.5 Å². The van der Waals surface area contributed by atoms with Crippen LogP contribution in [0.15, 0.2) is 83.5 Å². The predicted octanol–water partition coefficient (Wildman–Crippen LogP) is 5.98. The molecule has 0 saturated carbocycles. The molecule has 3 aromatic rings. The van der Waals surface area contributed by atoms with E-state index < -0.39 is 17.8 Å². The number of amides is 3. The lowest BCUT2D eigenvalue weighted by molar-refractivity contribution is -0.120. The molecule has 0 aliphatic carbocycles. The van der Waals surface area contributed by atoms with Crippen molar-refractivity contribution in [2.24, 2.45) is 0 Å². The summed E-state index contributed by atoms with van der Waals surface area (Å²) in [4.78, 5) is 51.8. The molecule has 194 valence electrons. The number of hydrogen-bond acceptors (Lipinski definition) is 6. The van der Waals surface area contributed by atoms with E-state index in [0.29, 0.717) is 22.0 Å². The Labute approximate surface area is 229 Å². The molecule has 3 amide bonds. The van der Waals surface area contributed by atoms with Crippen molar-refractivity contribution >= 4 is 64.0 Å². The number of anilines is 3. The Bertz CT molecular complexity index is 1440. The summed E-state index contributed by atoms with van der Waals surface area (Å²) in [6.07, 6.45) is 1.61. The van der Waals surface area contributed by atoms with E-state index in [1.807, 2.05) is 6.92 Å². The SMILES string of the molecule is CCCCOC(=O)c1cccc(N2C(=O)C(Cl)=C(Nc3ccc(C(=O)Nc4ccccc4Cl)cc3)C2=O)c1. The fraction of sp³-hybridized carbons (Fsp3) is 0.143. The molecule has 1 aliphatic heterocycles. The van der Waals surface area contributed by atoms with Crippen LogP contribution in [0.2, 0.25) is 5.02 Å². The molecule has 0 radical (unpaired) electrons. The van der Waals surface area contributed by atoms with Gasteiger partial charge in [-0.2, -0.15) is 0 Å². The smallest absolute Gasteiger partial charge is 0.338 e. The van der Waals surface area contributed by atoms with Crippen molar-refractivity contribution in [2.75, 3.05) is 22.1 Å². The first-order valence-corrected chi connectivity index (χ1v) is 12.5. The molecule has 0 fully saturated rings. The number of halogens is 2. The van der Waals surface area contributed by atoms with Gasteiger partial charge in [-0.25, -0.2) is 9.69 Å². The zero-order valence-electron chi connectivity index (χ0n) is 20.3. The second-order valence-electron chi connectivity index (χ2n) is 8.31. The number of esters is 1. The number of carbonyl (C=O) groups is 4. The van der Waals surface area contributed by atoms with Crippen molar-refractivity contribution in [3.63, 3.8) is 0 Å². The fourth-order valence-corrected chi connectivity index (χ4v) is 4.01. The average molecular weight is 552 g/mol. The van der Waals surface area contributed by atoms with Gasteiger partial charge in [-0.3, -0.25) is 14.4 Å². The number of hydrogen-bond donors (Lipinski definition) is 2. The minimum absolute atomic E-state index is 0.124. The number of rotatable bonds is 9. The highest BCUT2D eigenvalue weighted by molar-refractivity contribution is 6.53. The van der Waals surface area contributed by atoms with Gasteiger partial charge < -0.3 is 15.4 Å². The fourth-order valence-electron chi connectivity index (χ4n) is 3.62. The number of nitrogens with one attached hydrogen (secondary N) is 2. The lowest BCUT2D eigenvalue weighted by Gasteiger charge is -2.16. The Morgan fingerprint density at radius 2 is 1.63 bits per heavy atom. The minimum atomic E-state index is -0.730. The van der Waals surface area contributed by atoms with Crippen LogP contribution < -0.4 is 15.5 Å². The lowest BCUT2D eigenvalue weighted by atomic mass is 10.1. The highest BCUT2D eigenvalue weighted by Gasteiger charge is 2.39. The molecule has 0 aromatic heterocycles. The predicted molar refractivity (Wildman–Crippen MR) is 146 cm³/mol. The number of ether oxygens (including phenoxy) is 1. The van der Waals surface area contributed by atoms with E-state index in [1.165, 1.54) is 12.1 Å². The zero-order chi connectivity index (χ0) is 27.2. The van der Waals surface area contributed by atoms with Crippen LogP contribution in [0, 0.1) is 0 Å². The van der Waals surface area contributed by atoms with Crippen LogP contribution in [0.25, 0.3) is 0 Å². The molecule has 3 aromatic carbocycles. The van der Waals surface area contributed by atoms with Gasteiger partial charge in [0, 0.05) is 11.3 Å². The van der Waals surface area contributed by atoms with Gasteiger partial charge in [0.1, 0.15) is 10.7 Å². The molecule has 1 heterocycles. The molecule has 38 heavy (non-hydrogen) atoms. The van der Waals surface area contributed by atoms with Crippen LogP contribution in [-0.2, 0) is 14.3 Å². The summed E-state index contributed by atoms with van der Waals surface area (Å²) >= 11 is 12.3. The molecule has 0 bridgehead atoms. The largest absolute Gasteiger partial charge is 0.462 e. The number of nitrogens with zero attached hydrogens (tertiary/aromatic N) is 1. The molecule has 10 heteroatoms. The van der Waals surface area contributed by atoms with E-state index in [1.54, 1.807) is 60.7 Å². The Balaban J connectivity index is 1.46. The first-order valence-electron chi connectivity index (χ1n) is 11.8. The Hall–Kier alpha value is -4.14. The Morgan fingerprint density at radius 1 is 0.895 bits per heavy atom. The van der Waals surface area contributed by atoms with Crippen molar-refractivity contribution in [3.8, 4) is 0 Å². The average Bonchev–Trinajstić information content (AvgIpc) is 3.13. The standard InChI is InChI=1S/C28H23Cl2N3O5/c1-2-3-15-38-28(37)18-7-6-8-20(16-18)33-26(35)23(30)24(27(33)36)31-19-13-11-17(12-14-19)25(34)32-22-10-5-4-9-21(22)29/h4-14,16,31H,2-3,15H2,1H3,(H,32,34). The molecule has 0 spiro atoms. The van der Waals surface area contributed by atoms with Crippen LogP contribution in [0.1, 0.15) is 40.5 Å². The third-order valence-corrected chi connectivity index (χ3v) is 6.32. The normalized spacial score (nSPS) is 13.1. The minimum Gasteiger partial charge on any atom is -0.462 e. The number of carbonyl (C=O) groups excluding carboxylic acids is 4. The highest BCUT2D eigenvalue weighted by atomic mass is 35.5. The molecular formula is C28H23Cl2N3O5. The van der Waals surface area contributed by atoms with Crippen molar-refractivity contribution in [1.29, 1.82) is 0 Å².